The highest BCUT2D eigenvalue weighted by Crippen LogP contribution is 2.34. The summed E-state index contributed by atoms with van der Waals surface area (Å²) in [6, 6.07) is 1.50. The van der Waals surface area contributed by atoms with Gasteiger partial charge in [0.1, 0.15) is 9.52 Å². The lowest BCUT2D eigenvalue weighted by Gasteiger charge is -2.29. The number of hydrogen-bond donors (Lipinski definition) is 2. The fourth-order valence-corrected chi connectivity index (χ4v) is 3.10. The quantitative estimate of drug-likeness (QED) is 0.193. The lowest BCUT2D eigenvalue weighted by atomic mass is 9.96. The molecule has 13 heteroatoms. The van der Waals surface area contributed by atoms with Crippen LogP contribution in [0.2, 0.25) is 0 Å². The first-order valence-corrected chi connectivity index (χ1v) is 12.0. The first kappa shape index (κ1) is 29.4. The minimum absolute atomic E-state index is 0.0257. The molecule has 32 heavy (non-hydrogen) atoms. The molecule has 0 unspecified atom stereocenters. The molecule has 0 aliphatic heterocycles. The van der Waals surface area contributed by atoms with E-state index in [0.29, 0.717) is 5.69 Å². The van der Waals surface area contributed by atoms with Crippen LogP contribution in [0.1, 0.15) is 47.2 Å². The predicted octanol–water partition coefficient (Wildman–Crippen LogP) is 5.88. The maximum atomic E-state index is 12.4. The van der Waals surface area contributed by atoms with Crippen LogP contribution in [0.25, 0.3) is 0 Å². The zero-order chi connectivity index (χ0) is 25.1. The number of aromatic nitrogens is 2. The number of aryl methyl sites for hydroxylation is 1. The molecule has 0 aliphatic carbocycles. The number of nitrogens with one attached hydrogen (secondary N) is 2. The second kappa shape index (κ2) is 11.2. The van der Waals surface area contributed by atoms with E-state index in [-0.39, 0.29) is 26.5 Å². The van der Waals surface area contributed by atoms with Gasteiger partial charge in [0.25, 0.3) is 0 Å². The van der Waals surface area contributed by atoms with Gasteiger partial charge in [-0.3, -0.25) is 9.59 Å². The van der Waals surface area contributed by atoms with E-state index >= 15 is 0 Å². The average Bonchev–Trinajstić information content (AvgIpc) is 2.57. The van der Waals surface area contributed by atoms with Crippen LogP contribution >= 0.6 is 69.8 Å². The van der Waals surface area contributed by atoms with Gasteiger partial charge in [-0.05, 0) is 18.7 Å². The van der Waals surface area contributed by atoms with Crippen molar-refractivity contribution in [2.45, 2.75) is 63.6 Å². The maximum Gasteiger partial charge on any atom is 0.246 e. The van der Waals surface area contributed by atoms with Crippen LogP contribution in [-0.4, -0.2) is 31.8 Å². The van der Waals surface area contributed by atoms with Gasteiger partial charge < -0.3 is 15.4 Å². The number of amides is 2. The summed E-state index contributed by atoms with van der Waals surface area (Å²) in [6.45, 7) is 12.0. The molecule has 0 fully saturated rings. The molecule has 2 N–H and O–H groups in total. The minimum atomic E-state index is -1.99. The second-order valence-corrected chi connectivity index (χ2v) is 13.1. The zero-order valence-corrected chi connectivity index (χ0v) is 23.2. The Bertz CT molecular complexity index is 888. The van der Waals surface area contributed by atoms with Crippen molar-refractivity contribution >= 4 is 81.6 Å². The van der Waals surface area contributed by atoms with E-state index in [9.17, 15) is 9.59 Å². The summed E-state index contributed by atoms with van der Waals surface area (Å²) in [7, 11) is 0. The van der Waals surface area contributed by atoms with E-state index in [2.05, 4.69) is 20.6 Å². The number of alkyl halides is 3. The number of nitrogens with zero attached hydrogens (tertiary/aromatic N) is 2. The van der Waals surface area contributed by atoms with E-state index in [1.54, 1.807) is 48.5 Å². The Morgan fingerprint density at radius 2 is 1.53 bits per heavy atom. The fraction of sp³-hybridized carbons (Fsp3) is 0.579. The molecular weight excluding hydrogens is 542 g/mol. The zero-order valence-electron chi connectivity index (χ0n) is 18.6. The summed E-state index contributed by atoms with van der Waals surface area (Å²) >= 11 is 30.8. The largest absolute Gasteiger partial charge is 0.449 e. The molecule has 1 heterocycles. The molecule has 0 saturated heterocycles. The third kappa shape index (κ3) is 9.69. The normalized spacial score (nSPS) is 13.2. The fourth-order valence-electron chi connectivity index (χ4n) is 1.75. The molecule has 0 radical (unpaired) electrons. The van der Waals surface area contributed by atoms with E-state index in [1.807, 2.05) is 0 Å². The molecule has 1 rings (SSSR count). The monoisotopic (exact) mass is 564 g/mol. The van der Waals surface area contributed by atoms with Crippen LogP contribution in [0.5, 0.6) is 5.88 Å². The van der Waals surface area contributed by atoms with E-state index in [4.69, 9.17) is 62.7 Å². The van der Waals surface area contributed by atoms with Gasteiger partial charge in [0.2, 0.25) is 27.7 Å². The molecule has 0 saturated carbocycles. The van der Waals surface area contributed by atoms with E-state index in [1.165, 1.54) is 6.07 Å². The summed E-state index contributed by atoms with van der Waals surface area (Å²) < 4.78 is 3.52. The number of thioether (sulfide) groups is 1. The van der Waals surface area contributed by atoms with Crippen molar-refractivity contribution in [3.05, 3.63) is 21.3 Å². The predicted molar refractivity (Wildman–Crippen MR) is 131 cm³/mol. The van der Waals surface area contributed by atoms with Crippen molar-refractivity contribution in [3.8, 4) is 5.88 Å². The van der Waals surface area contributed by atoms with Gasteiger partial charge in [-0.15, -0.1) is 0 Å². The Labute approximate surface area is 217 Å². The van der Waals surface area contributed by atoms with Crippen LogP contribution in [0.3, 0.4) is 0 Å². The van der Waals surface area contributed by atoms with Crippen LogP contribution in [0.15, 0.2) is 20.7 Å². The average molecular weight is 567 g/mol. The van der Waals surface area contributed by atoms with Crippen LogP contribution in [0, 0.1) is 17.8 Å². The van der Waals surface area contributed by atoms with Crippen LogP contribution in [0.4, 0.5) is 0 Å². The van der Waals surface area contributed by atoms with Crippen LogP contribution in [-0.2, 0) is 9.59 Å². The van der Waals surface area contributed by atoms with Gasteiger partial charge in [0.05, 0.1) is 0 Å². The maximum absolute atomic E-state index is 12.4. The Morgan fingerprint density at radius 3 is 1.97 bits per heavy atom. The number of carbonyl (C=O) groups excluding carboxylic acids is 2. The number of halogens is 5. The molecule has 2 amide bonds. The van der Waals surface area contributed by atoms with Crippen molar-refractivity contribution in [1.82, 2.24) is 20.6 Å². The van der Waals surface area contributed by atoms with Crippen LogP contribution < -0.4 is 15.4 Å². The topological polar surface area (TPSA) is 93.2 Å². The van der Waals surface area contributed by atoms with Gasteiger partial charge >= 0.3 is 0 Å². The van der Waals surface area contributed by atoms with Crippen molar-refractivity contribution in [1.29, 1.82) is 0 Å². The third-order valence-electron chi connectivity index (χ3n) is 3.56. The highest BCUT2D eigenvalue weighted by atomic mass is 35.6. The van der Waals surface area contributed by atoms with Gasteiger partial charge in [0, 0.05) is 22.6 Å². The Kier molecular flexibility index (Phi) is 10.3. The molecule has 1 aromatic rings. The molecule has 7 nitrogen and oxygen atoms in total. The smallest absolute Gasteiger partial charge is 0.246 e. The molecule has 1 atom stereocenters. The van der Waals surface area contributed by atoms with Crippen molar-refractivity contribution in [2.24, 2.45) is 10.8 Å². The number of rotatable bonds is 6. The Morgan fingerprint density at radius 1 is 1.00 bits per heavy atom. The second-order valence-electron chi connectivity index (χ2n) is 8.79. The lowest BCUT2D eigenvalue weighted by Crippen LogP contribution is -2.51. The Hall–Kier alpha value is -0.640. The van der Waals surface area contributed by atoms with Gasteiger partial charge in [-0.2, -0.15) is 4.98 Å². The molecular formula is C19H25Cl5N4O3S. The molecule has 0 aromatic carbocycles. The highest BCUT2D eigenvalue weighted by molar-refractivity contribution is 8.03. The summed E-state index contributed by atoms with van der Waals surface area (Å²) in [6.07, 6.45) is -1.33. The summed E-state index contributed by atoms with van der Waals surface area (Å²) in [5.41, 5.74) is -0.920. The lowest BCUT2D eigenvalue weighted by molar-refractivity contribution is -0.131. The van der Waals surface area contributed by atoms with Crippen molar-refractivity contribution in [2.75, 3.05) is 0 Å². The van der Waals surface area contributed by atoms with Gasteiger partial charge in [-0.1, -0.05) is 99.5 Å². The van der Waals surface area contributed by atoms with Crippen molar-refractivity contribution < 1.29 is 14.3 Å². The standard InChI is InChI=1S/C19H25Cl5N4O3S/c1-9-8-10(31-15(19(22,23)24)28-14(30)18(5,6)7)26-16(25-9)32-12(11(20)21)27-13(29)17(2,3)4/h8,15H,1-7H3,(H,27,29)(H,28,30)/t15-/m1/s1. The Balaban J connectivity index is 3.18. The number of ether oxygens (including phenoxy) is 1. The van der Waals surface area contributed by atoms with Gasteiger partial charge in [-0.25, -0.2) is 4.98 Å². The molecule has 0 bridgehead atoms. The third-order valence-corrected chi connectivity index (χ3v) is 5.63. The number of carbonyl (C=O) groups is 2. The summed E-state index contributed by atoms with van der Waals surface area (Å²) in [4.78, 5) is 33.2. The molecule has 180 valence electrons. The number of hydrogen-bond acceptors (Lipinski definition) is 6. The first-order chi connectivity index (χ1) is 14.3. The van der Waals surface area contributed by atoms with E-state index in [0.717, 1.165) is 11.8 Å². The minimum Gasteiger partial charge on any atom is -0.449 e. The van der Waals surface area contributed by atoms with Gasteiger partial charge in [0.15, 0.2) is 5.16 Å². The SMILES string of the molecule is Cc1cc(O[C@@H](NC(=O)C(C)(C)C)C(Cl)(Cl)Cl)nc(SC(NC(=O)C(C)(C)C)=C(Cl)Cl)n1. The van der Waals surface area contributed by atoms with Crippen molar-refractivity contribution in [3.63, 3.8) is 0 Å². The summed E-state index contributed by atoms with van der Waals surface area (Å²) in [5.74, 6) is -0.667. The molecule has 0 spiro atoms. The van der Waals surface area contributed by atoms with E-state index < -0.39 is 26.8 Å². The summed E-state index contributed by atoms with van der Waals surface area (Å²) in [5, 5.41) is 5.51. The highest BCUT2D eigenvalue weighted by Gasteiger charge is 2.38. The molecule has 0 aliphatic rings. The first-order valence-electron chi connectivity index (χ1n) is 9.25. The molecule has 1 aromatic heterocycles.